The van der Waals surface area contributed by atoms with Gasteiger partial charge in [-0.1, -0.05) is 5.21 Å². The normalized spacial score (nSPS) is 11.0. The standard InChI is InChI=1S/C13H11N9O4/c1-7-10(21(20-16-7)12-11(14)18-26-19-12)13(23)17-15-6-8-2-4-9(5-3-8)22(24)25/h2-6H,1H3,(H2,14,18)(H,17,23)/b15-6+. The number of hydrazone groups is 1. The zero-order chi connectivity index (χ0) is 18.7. The Balaban J connectivity index is 1.76. The lowest BCUT2D eigenvalue weighted by Gasteiger charge is -2.02. The van der Waals surface area contributed by atoms with Crippen molar-refractivity contribution >= 4 is 23.6 Å². The van der Waals surface area contributed by atoms with E-state index in [1.165, 1.54) is 30.5 Å². The van der Waals surface area contributed by atoms with Crippen molar-refractivity contribution in [1.82, 2.24) is 30.7 Å². The third kappa shape index (κ3) is 3.21. The molecule has 3 N–H and O–H groups in total. The Labute approximate surface area is 144 Å². The minimum atomic E-state index is -0.618. The fourth-order valence-corrected chi connectivity index (χ4v) is 2.00. The molecule has 0 saturated heterocycles. The molecule has 0 fully saturated rings. The molecule has 132 valence electrons. The van der Waals surface area contributed by atoms with Crippen molar-refractivity contribution in [3.63, 3.8) is 0 Å². The summed E-state index contributed by atoms with van der Waals surface area (Å²) in [5.74, 6) is -0.651. The highest BCUT2D eigenvalue weighted by molar-refractivity contribution is 5.94. The number of amides is 1. The van der Waals surface area contributed by atoms with E-state index in [1.54, 1.807) is 6.92 Å². The molecule has 13 heteroatoms. The van der Waals surface area contributed by atoms with Gasteiger partial charge in [0.2, 0.25) is 11.6 Å². The first-order valence-electron chi connectivity index (χ1n) is 7.06. The van der Waals surface area contributed by atoms with E-state index in [4.69, 9.17) is 5.73 Å². The Morgan fingerprint density at radius 1 is 1.38 bits per heavy atom. The Kier molecular flexibility index (Phi) is 4.34. The minimum absolute atomic E-state index is 0.0232. The monoisotopic (exact) mass is 357 g/mol. The van der Waals surface area contributed by atoms with Crippen LogP contribution in [0.15, 0.2) is 34.0 Å². The van der Waals surface area contributed by atoms with Crippen LogP contribution in [0.5, 0.6) is 0 Å². The molecule has 3 aromatic rings. The summed E-state index contributed by atoms with van der Waals surface area (Å²) in [6.45, 7) is 1.57. The fourth-order valence-electron chi connectivity index (χ4n) is 2.00. The maximum atomic E-state index is 12.4. The predicted molar refractivity (Wildman–Crippen MR) is 86.5 cm³/mol. The number of aromatic nitrogens is 5. The van der Waals surface area contributed by atoms with Crippen LogP contribution in [0.25, 0.3) is 5.82 Å². The van der Waals surface area contributed by atoms with Gasteiger partial charge in [0.1, 0.15) is 0 Å². The summed E-state index contributed by atoms with van der Waals surface area (Å²) in [5.41, 5.74) is 8.78. The van der Waals surface area contributed by atoms with E-state index in [0.717, 1.165) is 4.68 Å². The van der Waals surface area contributed by atoms with E-state index < -0.39 is 10.8 Å². The van der Waals surface area contributed by atoms with Gasteiger partial charge in [0.05, 0.1) is 16.8 Å². The molecule has 0 spiro atoms. The second kappa shape index (κ2) is 6.76. The third-order valence-corrected chi connectivity index (χ3v) is 3.23. The van der Waals surface area contributed by atoms with Crippen molar-refractivity contribution in [2.75, 3.05) is 5.73 Å². The maximum absolute atomic E-state index is 12.4. The molecule has 2 aromatic heterocycles. The van der Waals surface area contributed by atoms with E-state index >= 15 is 0 Å². The molecule has 2 heterocycles. The molecule has 3 rings (SSSR count). The lowest BCUT2D eigenvalue weighted by Crippen LogP contribution is -2.22. The SMILES string of the molecule is Cc1nnn(-c2nonc2N)c1C(=O)N/N=C/c1ccc([N+](=O)[O-])cc1. The number of non-ortho nitro benzene ring substituents is 1. The Morgan fingerprint density at radius 2 is 2.12 bits per heavy atom. The fraction of sp³-hybridized carbons (Fsp3) is 0.0769. The van der Waals surface area contributed by atoms with Gasteiger partial charge in [-0.05, 0) is 34.9 Å². The summed E-state index contributed by atoms with van der Waals surface area (Å²) >= 11 is 0. The smallest absolute Gasteiger partial charge is 0.292 e. The van der Waals surface area contributed by atoms with Crippen molar-refractivity contribution in [3.8, 4) is 5.82 Å². The number of nitro groups is 1. The predicted octanol–water partition coefficient (Wildman–Crippen LogP) is 0.213. The maximum Gasteiger partial charge on any atom is 0.292 e. The first-order valence-corrected chi connectivity index (χ1v) is 7.06. The number of hydrogen-bond acceptors (Lipinski definition) is 10. The van der Waals surface area contributed by atoms with Crippen molar-refractivity contribution in [3.05, 3.63) is 51.3 Å². The molecule has 0 unspecified atom stereocenters. The molecule has 0 aliphatic heterocycles. The zero-order valence-electron chi connectivity index (χ0n) is 13.2. The molecule has 0 aliphatic rings. The van der Waals surface area contributed by atoms with Gasteiger partial charge in [-0.25, -0.2) is 10.1 Å². The average molecular weight is 357 g/mol. The first-order chi connectivity index (χ1) is 12.5. The van der Waals surface area contributed by atoms with Crippen molar-refractivity contribution in [1.29, 1.82) is 0 Å². The number of anilines is 1. The summed E-state index contributed by atoms with van der Waals surface area (Å²) < 4.78 is 5.57. The van der Waals surface area contributed by atoms with Gasteiger partial charge in [-0.2, -0.15) is 9.78 Å². The Morgan fingerprint density at radius 3 is 2.73 bits per heavy atom. The van der Waals surface area contributed by atoms with Crippen molar-refractivity contribution < 1.29 is 14.3 Å². The summed E-state index contributed by atoms with van der Waals surface area (Å²) in [7, 11) is 0. The van der Waals surface area contributed by atoms with Crippen LogP contribution in [-0.4, -0.2) is 42.4 Å². The zero-order valence-corrected chi connectivity index (χ0v) is 13.2. The van der Waals surface area contributed by atoms with E-state index in [9.17, 15) is 14.9 Å². The summed E-state index contributed by atoms with van der Waals surface area (Å²) in [6.07, 6.45) is 1.33. The number of nitrogens with one attached hydrogen (secondary N) is 1. The van der Waals surface area contributed by atoms with E-state index in [1.807, 2.05) is 0 Å². The molecule has 0 radical (unpaired) electrons. The number of nitrogens with two attached hydrogens (primary N) is 1. The number of carbonyl (C=O) groups is 1. The van der Waals surface area contributed by atoms with Crippen molar-refractivity contribution in [2.24, 2.45) is 5.10 Å². The van der Waals surface area contributed by atoms with Gasteiger partial charge in [0.25, 0.3) is 11.6 Å². The number of nitrogens with zero attached hydrogens (tertiary/aromatic N) is 7. The highest BCUT2D eigenvalue weighted by atomic mass is 16.6. The lowest BCUT2D eigenvalue weighted by atomic mass is 10.2. The number of carbonyl (C=O) groups excluding carboxylic acids is 1. The summed E-state index contributed by atoms with van der Waals surface area (Å²) in [5, 5.41) is 29.0. The van der Waals surface area contributed by atoms with Crippen LogP contribution in [0.4, 0.5) is 11.5 Å². The van der Waals surface area contributed by atoms with Crippen LogP contribution in [0.2, 0.25) is 0 Å². The molecular formula is C13H11N9O4. The van der Waals surface area contributed by atoms with Crippen LogP contribution in [0.1, 0.15) is 21.7 Å². The van der Waals surface area contributed by atoms with Crippen LogP contribution >= 0.6 is 0 Å². The van der Waals surface area contributed by atoms with E-state index in [0.29, 0.717) is 11.3 Å². The topological polar surface area (TPSA) is 180 Å². The number of nitrogen functional groups attached to an aromatic ring is 1. The number of nitro benzene ring substituents is 1. The van der Waals surface area contributed by atoms with Crippen LogP contribution in [0, 0.1) is 17.0 Å². The quantitative estimate of drug-likeness (QED) is 0.366. The molecule has 0 atom stereocenters. The molecule has 1 aromatic carbocycles. The number of hydrogen-bond donors (Lipinski definition) is 2. The number of aryl methyl sites for hydroxylation is 1. The van der Waals surface area contributed by atoms with Crippen molar-refractivity contribution in [2.45, 2.75) is 6.92 Å². The Hall–Kier alpha value is -4.16. The second-order valence-electron chi connectivity index (χ2n) is 4.96. The Bertz CT molecular complexity index is 989. The van der Waals surface area contributed by atoms with Gasteiger partial charge in [0, 0.05) is 12.1 Å². The molecule has 0 saturated carbocycles. The van der Waals surface area contributed by atoms with E-state index in [2.05, 4.69) is 35.8 Å². The van der Waals surface area contributed by atoms with Crippen LogP contribution in [0.3, 0.4) is 0 Å². The second-order valence-corrected chi connectivity index (χ2v) is 4.96. The van der Waals surface area contributed by atoms with Crippen LogP contribution in [-0.2, 0) is 0 Å². The van der Waals surface area contributed by atoms with Crippen LogP contribution < -0.4 is 11.2 Å². The van der Waals surface area contributed by atoms with Gasteiger partial charge >= 0.3 is 0 Å². The summed E-state index contributed by atoms with van der Waals surface area (Å²) in [4.78, 5) is 22.5. The number of benzene rings is 1. The lowest BCUT2D eigenvalue weighted by molar-refractivity contribution is -0.384. The average Bonchev–Trinajstić information content (AvgIpc) is 3.20. The molecule has 13 nitrogen and oxygen atoms in total. The van der Waals surface area contributed by atoms with Gasteiger partial charge in [-0.3, -0.25) is 14.9 Å². The van der Waals surface area contributed by atoms with Gasteiger partial charge < -0.3 is 5.73 Å². The molecule has 0 bridgehead atoms. The first kappa shape index (κ1) is 16.7. The highest BCUT2D eigenvalue weighted by Crippen LogP contribution is 2.15. The third-order valence-electron chi connectivity index (χ3n) is 3.23. The summed E-state index contributed by atoms with van der Waals surface area (Å²) in [6, 6.07) is 5.64. The largest absolute Gasteiger partial charge is 0.378 e. The minimum Gasteiger partial charge on any atom is -0.378 e. The molecule has 1 amide bonds. The number of rotatable bonds is 5. The van der Waals surface area contributed by atoms with Gasteiger partial charge in [-0.15, -0.1) is 5.10 Å². The van der Waals surface area contributed by atoms with Gasteiger partial charge in [0.15, 0.2) is 5.69 Å². The molecule has 26 heavy (non-hydrogen) atoms. The molecule has 0 aliphatic carbocycles. The van der Waals surface area contributed by atoms with E-state index in [-0.39, 0.29) is 23.0 Å². The highest BCUT2D eigenvalue weighted by Gasteiger charge is 2.22. The molecular weight excluding hydrogens is 346 g/mol.